The Kier molecular flexibility index (Phi) is 4.59. The zero-order chi connectivity index (χ0) is 12.2. The first kappa shape index (κ1) is 13.3. The molecule has 0 radical (unpaired) electrons. The average Bonchev–Trinajstić information content (AvgIpc) is 2.18. The molecule has 1 rings (SSSR count). The molecule has 0 bridgehead atoms. The predicted octanol–water partition coefficient (Wildman–Crippen LogP) is 2.21. The zero-order valence-corrected chi connectivity index (χ0v) is 10.6. The molecule has 0 spiro atoms. The van der Waals surface area contributed by atoms with E-state index in [9.17, 15) is 5.11 Å². The first-order valence-electron chi connectivity index (χ1n) is 5.18. The van der Waals surface area contributed by atoms with Gasteiger partial charge in [-0.2, -0.15) is 0 Å². The number of aliphatic hydroxyl groups is 1. The summed E-state index contributed by atoms with van der Waals surface area (Å²) in [5.74, 6) is 0.747. The SMILES string of the molecule is COc1ccc(CNCC(C)(C)O)c(Cl)c1. The highest BCUT2D eigenvalue weighted by Crippen LogP contribution is 2.22. The smallest absolute Gasteiger partial charge is 0.120 e. The Balaban J connectivity index is 2.55. The summed E-state index contributed by atoms with van der Waals surface area (Å²) in [6, 6.07) is 5.56. The topological polar surface area (TPSA) is 41.5 Å². The normalized spacial score (nSPS) is 11.6. The van der Waals surface area contributed by atoms with E-state index in [1.165, 1.54) is 0 Å². The van der Waals surface area contributed by atoms with Crippen molar-refractivity contribution in [1.82, 2.24) is 5.32 Å². The van der Waals surface area contributed by atoms with Gasteiger partial charge in [-0.3, -0.25) is 0 Å². The molecule has 2 N–H and O–H groups in total. The van der Waals surface area contributed by atoms with Crippen molar-refractivity contribution in [1.29, 1.82) is 0 Å². The number of halogens is 1. The highest BCUT2D eigenvalue weighted by molar-refractivity contribution is 6.31. The monoisotopic (exact) mass is 243 g/mol. The molecule has 0 amide bonds. The number of ether oxygens (including phenoxy) is 1. The quantitative estimate of drug-likeness (QED) is 0.833. The number of methoxy groups -OCH3 is 1. The van der Waals surface area contributed by atoms with Crippen LogP contribution in [0.4, 0.5) is 0 Å². The fraction of sp³-hybridized carbons (Fsp3) is 0.500. The zero-order valence-electron chi connectivity index (χ0n) is 9.88. The second kappa shape index (κ2) is 5.53. The second-order valence-electron chi connectivity index (χ2n) is 4.37. The largest absolute Gasteiger partial charge is 0.497 e. The van der Waals surface area contributed by atoms with E-state index in [0.29, 0.717) is 18.1 Å². The van der Waals surface area contributed by atoms with Crippen LogP contribution in [0.2, 0.25) is 5.02 Å². The van der Waals surface area contributed by atoms with E-state index in [-0.39, 0.29) is 0 Å². The molecule has 0 atom stereocenters. The summed E-state index contributed by atoms with van der Waals surface area (Å²) in [6.07, 6.45) is 0. The van der Waals surface area contributed by atoms with Gasteiger partial charge in [0, 0.05) is 18.1 Å². The van der Waals surface area contributed by atoms with Crippen LogP contribution in [0.1, 0.15) is 19.4 Å². The van der Waals surface area contributed by atoms with Crippen molar-refractivity contribution in [3.63, 3.8) is 0 Å². The van der Waals surface area contributed by atoms with Gasteiger partial charge in [-0.15, -0.1) is 0 Å². The van der Waals surface area contributed by atoms with Crippen molar-refractivity contribution in [3.8, 4) is 5.75 Å². The third kappa shape index (κ3) is 4.39. The fourth-order valence-electron chi connectivity index (χ4n) is 1.30. The summed E-state index contributed by atoms with van der Waals surface area (Å²) in [6.45, 7) is 4.67. The van der Waals surface area contributed by atoms with E-state index in [4.69, 9.17) is 16.3 Å². The van der Waals surface area contributed by atoms with Gasteiger partial charge in [0.05, 0.1) is 12.7 Å². The maximum Gasteiger partial charge on any atom is 0.120 e. The van der Waals surface area contributed by atoms with E-state index < -0.39 is 5.60 Å². The summed E-state index contributed by atoms with van der Waals surface area (Å²) in [7, 11) is 1.61. The highest BCUT2D eigenvalue weighted by atomic mass is 35.5. The average molecular weight is 244 g/mol. The number of rotatable bonds is 5. The molecule has 90 valence electrons. The molecule has 4 heteroatoms. The standard InChI is InChI=1S/C12H18ClNO2/c1-12(2,15)8-14-7-9-4-5-10(16-3)6-11(9)13/h4-6,14-15H,7-8H2,1-3H3. The Hall–Kier alpha value is -0.770. The van der Waals surface area contributed by atoms with Gasteiger partial charge in [-0.1, -0.05) is 17.7 Å². The predicted molar refractivity (Wildman–Crippen MR) is 66.0 cm³/mol. The molecule has 0 fully saturated rings. The minimum Gasteiger partial charge on any atom is -0.497 e. The van der Waals surface area contributed by atoms with Crippen molar-refractivity contribution >= 4 is 11.6 Å². The second-order valence-corrected chi connectivity index (χ2v) is 4.78. The molecular weight excluding hydrogens is 226 g/mol. The van der Waals surface area contributed by atoms with Crippen LogP contribution in [-0.2, 0) is 6.54 Å². The van der Waals surface area contributed by atoms with Crippen LogP contribution in [0.3, 0.4) is 0 Å². The Morgan fingerprint density at radius 3 is 2.62 bits per heavy atom. The molecule has 1 aromatic carbocycles. The van der Waals surface area contributed by atoms with E-state index in [1.54, 1.807) is 27.0 Å². The molecule has 0 unspecified atom stereocenters. The maximum atomic E-state index is 9.53. The summed E-state index contributed by atoms with van der Waals surface area (Å²) in [5, 5.41) is 13.3. The molecule has 0 saturated carbocycles. The van der Waals surface area contributed by atoms with Gasteiger partial charge in [0.2, 0.25) is 0 Å². The maximum absolute atomic E-state index is 9.53. The lowest BCUT2D eigenvalue weighted by Gasteiger charge is -2.18. The van der Waals surface area contributed by atoms with Gasteiger partial charge in [0.15, 0.2) is 0 Å². The van der Waals surface area contributed by atoms with Gasteiger partial charge < -0.3 is 15.2 Å². The number of nitrogens with one attached hydrogen (secondary N) is 1. The van der Waals surface area contributed by atoms with Crippen molar-refractivity contribution < 1.29 is 9.84 Å². The first-order valence-corrected chi connectivity index (χ1v) is 5.56. The fourth-order valence-corrected chi connectivity index (χ4v) is 1.54. The molecule has 0 aliphatic rings. The van der Waals surface area contributed by atoms with E-state index in [2.05, 4.69) is 5.32 Å². The van der Waals surface area contributed by atoms with Gasteiger partial charge >= 0.3 is 0 Å². The van der Waals surface area contributed by atoms with E-state index >= 15 is 0 Å². The van der Waals surface area contributed by atoms with Crippen molar-refractivity contribution in [2.45, 2.75) is 26.0 Å². The molecule has 0 aliphatic carbocycles. The van der Waals surface area contributed by atoms with Crippen molar-refractivity contribution in [2.75, 3.05) is 13.7 Å². The van der Waals surface area contributed by atoms with Crippen molar-refractivity contribution in [3.05, 3.63) is 28.8 Å². The Morgan fingerprint density at radius 1 is 1.44 bits per heavy atom. The lowest BCUT2D eigenvalue weighted by atomic mass is 10.1. The minimum absolute atomic E-state index is 0.523. The summed E-state index contributed by atoms with van der Waals surface area (Å²) >= 11 is 6.08. The van der Waals surface area contributed by atoms with Crippen molar-refractivity contribution in [2.24, 2.45) is 0 Å². The van der Waals surface area contributed by atoms with Crippen LogP contribution in [0.15, 0.2) is 18.2 Å². The lowest BCUT2D eigenvalue weighted by Crippen LogP contribution is -2.34. The summed E-state index contributed by atoms with van der Waals surface area (Å²) in [4.78, 5) is 0. The Labute approximate surface area is 101 Å². The first-order chi connectivity index (χ1) is 7.42. The third-order valence-corrected chi connectivity index (χ3v) is 2.49. The number of benzene rings is 1. The number of hydrogen-bond acceptors (Lipinski definition) is 3. The van der Waals surface area contributed by atoms with Crippen LogP contribution in [0.5, 0.6) is 5.75 Å². The van der Waals surface area contributed by atoms with Gasteiger partial charge in [-0.25, -0.2) is 0 Å². The highest BCUT2D eigenvalue weighted by Gasteiger charge is 2.11. The molecule has 0 aromatic heterocycles. The molecule has 3 nitrogen and oxygen atoms in total. The van der Waals surface area contributed by atoms with Crippen LogP contribution in [-0.4, -0.2) is 24.4 Å². The van der Waals surface area contributed by atoms with Crippen LogP contribution >= 0.6 is 11.6 Å². The molecule has 16 heavy (non-hydrogen) atoms. The molecule has 0 heterocycles. The number of hydrogen-bond donors (Lipinski definition) is 2. The Bertz CT molecular complexity index is 347. The van der Waals surface area contributed by atoms with Crippen LogP contribution in [0, 0.1) is 0 Å². The van der Waals surface area contributed by atoms with Gasteiger partial charge in [0.25, 0.3) is 0 Å². The summed E-state index contributed by atoms with van der Waals surface area (Å²) < 4.78 is 5.06. The summed E-state index contributed by atoms with van der Waals surface area (Å²) in [5.41, 5.74) is 0.283. The van der Waals surface area contributed by atoms with Gasteiger partial charge in [0.1, 0.15) is 5.75 Å². The van der Waals surface area contributed by atoms with E-state index in [1.807, 2.05) is 12.1 Å². The Morgan fingerprint density at radius 2 is 2.12 bits per heavy atom. The third-order valence-electron chi connectivity index (χ3n) is 2.13. The van der Waals surface area contributed by atoms with E-state index in [0.717, 1.165) is 11.3 Å². The lowest BCUT2D eigenvalue weighted by molar-refractivity contribution is 0.0795. The van der Waals surface area contributed by atoms with Crippen LogP contribution in [0.25, 0.3) is 0 Å². The molecule has 1 aromatic rings. The minimum atomic E-state index is -0.709. The molecule has 0 saturated heterocycles. The molecule has 0 aliphatic heterocycles. The van der Waals surface area contributed by atoms with Crippen LogP contribution < -0.4 is 10.1 Å². The van der Waals surface area contributed by atoms with Gasteiger partial charge in [-0.05, 0) is 31.5 Å². The molecular formula is C12H18ClNO2.